The van der Waals surface area contributed by atoms with Crippen molar-refractivity contribution in [3.8, 4) is 0 Å². The fourth-order valence-corrected chi connectivity index (χ4v) is 3.68. The quantitative estimate of drug-likeness (QED) is 0.286. The lowest BCUT2D eigenvalue weighted by atomic mass is 10.2. The van der Waals surface area contributed by atoms with Crippen LogP contribution in [0.3, 0.4) is 0 Å². The molecule has 0 saturated carbocycles. The summed E-state index contributed by atoms with van der Waals surface area (Å²) in [6.45, 7) is 1.30. The van der Waals surface area contributed by atoms with Gasteiger partial charge in [-0.3, -0.25) is 14.9 Å². The fourth-order valence-electron chi connectivity index (χ4n) is 2.52. The molecule has 1 aromatic heterocycles. The number of rotatable bonds is 12. The van der Waals surface area contributed by atoms with E-state index in [0.29, 0.717) is 22.8 Å². The summed E-state index contributed by atoms with van der Waals surface area (Å²) in [5.74, 6) is 3.19. The lowest BCUT2D eigenvalue weighted by Gasteiger charge is -2.09. The van der Waals surface area contributed by atoms with E-state index in [-0.39, 0.29) is 5.91 Å². The van der Waals surface area contributed by atoms with Gasteiger partial charge in [-0.1, -0.05) is 6.07 Å². The van der Waals surface area contributed by atoms with Gasteiger partial charge in [0, 0.05) is 23.5 Å². The maximum Gasteiger partial charge on any atom is 0.264 e. The van der Waals surface area contributed by atoms with Crippen LogP contribution >= 0.6 is 23.5 Å². The number of nitrogens with one attached hydrogen (secondary N) is 2. The van der Waals surface area contributed by atoms with Gasteiger partial charge < -0.3 is 20.0 Å². The molecule has 30 heavy (non-hydrogen) atoms. The average molecular weight is 451 g/mol. The van der Waals surface area contributed by atoms with Crippen molar-refractivity contribution in [2.75, 3.05) is 38.0 Å². The van der Waals surface area contributed by atoms with Gasteiger partial charge in [0.1, 0.15) is 16.5 Å². The van der Waals surface area contributed by atoms with E-state index in [1.807, 2.05) is 26.2 Å². The summed E-state index contributed by atoms with van der Waals surface area (Å²) in [5.41, 5.74) is 1.11. The van der Waals surface area contributed by atoms with Gasteiger partial charge in [-0.2, -0.15) is 11.8 Å². The Hall–Kier alpha value is -2.43. The molecule has 162 valence electrons. The second kappa shape index (κ2) is 12.3. The lowest BCUT2D eigenvalue weighted by molar-refractivity contribution is -0.402. The van der Waals surface area contributed by atoms with Gasteiger partial charge in [0.05, 0.1) is 17.2 Å². The molecule has 8 nitrogen and oxygen atoms in total. The Morgan fingerprint density at radius 1 is 1.27 bits per heavy atom. The molecule has 0 bridgehead atoms. The minimum Gasteiger partial charge on any atom is -0.464 e. The minimum atomic E-state index is -0.515. The molecule has 0 spiro atoms. The third-order valence-corrected chi connectivity index (χ3v) is 5.43. The van der Waals surface area contributed by atoms with Crippen LogP contribution in [0.25, 0.3) is 0 Å². The number of hydrogen-bond acceptors (Lipinski definition) is 8. The van der Waals surface area contributed by atoms with Crippen molar-refractivity contribution in [2.45, 2.75) is 12.3 Å². The predicted octanol–water partition coefficient (Wildman–Crippen LogP) is 3.85. The van der Waals surface area contributed by atoms with Crippen LogP contribution in [0.2, 0.25) is 0 Å². The molecule has 0 radical (unpaired) electrons. The highest BCUT2D eigenvalue weighted by atomic mass is 32.2. The normalized spacial score (nSPS) is 11.5. The fraction of sp³-hybridized carbons (Fsp3) is 0.350. The standard InChI is InChI=1S/C20H26N4O4S2/c1-23(2)12-17-7-8-18(28-17)14-30-10-9-21-20(25)15-5-4-6-16(11-15)22-19(29-3)13-24(26)27/h4-8,11,13,22H,9-10,12,14H2,1-3H3,(H,21,25)/b19-13-. The van der Waals surface area contributed by atoms with E-state index in [1.165, 1.54) is 11.8 Å². The summed E-state index contributed by atoms with van der Waals surface area (Å²) in [7, 11) is 3.99. The molecule has 0 aliphatic rings. The summed E-state index contributed by atoms with van der Waals surface area (Å²) in [6, 6.07) is 10.8. The zero-order valence-electron chi connectivity index (χ0n) is 17.2. The van der Waals surface area contributed by atoms with Gasteiger partial charge in [0.2, 0.25) is 0 Å². The molecule has 2 rings (SSSR count). The van der Waals surface area contributed by atoms with Crippen LogP contribution in [0.5, 0.6) is 0 Å². The largest absolute Gasteiger partial charge is 0.464 e. The molecule has 0 atom stereocenters. The molecule has 0 fully saturated rings. The van der Waals surface area contributed by atoms with E-state index in [4.69, 9.17) is 4.42 Å². The van der Waals surface area contributed by atoms with E-state index in [0.717, 1.165) is 35.8 Å². The number of benzene rings is 1. The second-order valence-electron chi connectivity index (χ2n) is 6.60. The first-order chi connectivity index (χ1) is 14.4. The van der Waals surface area contributed by atoms with E-state index in [1.54, 1.807) is 42.3 Å². The van der Waals surface area contributed by atoms with Crippen LogP contribution in [0.1, 0.15) is 21.9 Å². The molecular formula is C20H26N4O4S2. The number of amides is 1. The van der Waals surface area contributed by atoms with Crippen molar-refractivity contribution in [3.63, 3.8) is 0 Å². The van der Waals surface area contributed by atoms with Gasteiger partial charge in [-0.25, -0.2) is 0 Å². The van der Waals surface area contributed by atoms with E-state index in [9.17, 15) is 14.9 Å². The lowest BCUT2D eigenvalue weighted by Crippen LogP contribution is -2.25. The molecule has 1 amide bonds. The summed E-state index contributed by atoms with van der Waals surface area (Å²) in [4.78, 5) is 24.5. The maximum atomic E-state index is 12.4. The molecular weight excluding hydrogens is 424 g/mol. The van der Waals surface area contributed by atoms with Crippen LogP contribution in [0, 0.1) is 10.1 Å². The molecule has 2 N–H and O–H groups in total. The molecule has 0 unspecified atom stereocenters. The Morgan fingerprint density at radius 3 is 2.73 bits per heavy atom. The first-order valence-corrected chi connectivity index (χ1v) is 11.6. The first kappa shape index (κ1) is 23.8. The molecule has 2 aromatic rings. The number of thioether (sulfide) groups is 2. The molecule has 10 heteroatoms. The zero-order chi connectivity index (χ0) is 21.9. The topological polar surface area (TPSA) is 101 Å². The summed E-state index contributed by atoms with van der Waals surface area (Å²) >= 11 is 2.91. The monoisotopic (exact) mass is 450 g/mol. The SMILES string of the molecule is CS/C(=C\[N+](=O)[O-])Nc1cccc(C(=O)NCCSCc2ccc(CN(C)C)o2)c1. The third-order valence-electron chi connectivity index (χ3n) is 3.80. The van der Waals surface area contributed by atoms with Crippen LogP contribution in [-0.2, 0) is 12.3 Å². The summed E-state index contributed by atoms with van der Waals surface area (Å²) in [5, 5.41) is 16.9. The minimum absolute atomic E-state index is 0.186. The van der Waals surface area contributed by atoms with Gasteiger partial charge in [0.15, 0.2) is 0 Å². The average Bonchev–Trinajstić information content (AvgIpc) is 3.13. The molecule has 0 aliphatic carbocycles. The highest BCUT2D eigenvalue weighted by Crippen LogP contribution is 2.19. The second-order valence-corrected chi connectivity index (χ2v) is 8.56. The van der Waals surface area contributed by atoms with Crippen molar-refractivity contribution in [1.82, 2.24) is 10.2 Å². The number of nitro groups is 1. The van der Waals surface area contributed by atoms with Crippen LogP contribution < -0.4 is 10.6 Å². The highest BCUT2D eigenvalue weighted by molar-refractivity contribution is 8.02. The smallest absolute Gasteiger partial charge is 0.264 e. The first-order valence-electron chi connectivity index (χ1n) is 9.22. The Labute approximate surface area is 184 Å². The number of anilines is 1. The van der Waals surface area contributed by atoms with Gasteiger partial charge >= 0.3 is 0 Å². The molecule has 0 saturated heterocycles. The van der Waals surface area contributed by atoms with Crippen molar-refractivity contribution in [3.05, 3.63) is 74.8 Å². The molecule has 0 aliphatic heterocycles. The third kappa shape index (κ3) is 8.52. The number of nitrogens with zero attached hydrogens (tertiary/aromatic N) is 2. The van der Waals surface area contributed by atoms with Crippen LogP contribution in [0.4, 0.5) is 5.69 Å². The number of hydrogen-bond donors (Lipinski definition) is 2. The molecule has 1 heterocycles. The molecule has 1 aromatic carbocycles. The Balaban J connectivity index is 1.77. The number of carbonyl (C=O) groups is 1. The zero-order valence-corrected chi connectivity index (χ0v) is 18.8. The Morgan fingerprint density at radius 2 is 2.03 bits per heavy atom. The van der Waals surface area contributed by atoms with Crippen LogP contribution in [0.15, 0.2) is 52.0 Å². The Kier molecular flexibility index (Phi) is 9.78. The van der Waals surface area contributed by atoms with Gasteiger partial charge in [-0.05, 0) is 50.7 Å². The van der Waals surface area contributed by atoms with Gasteiger partial charge in [0.25, 0.3) is 12.1 Å². The number of furan rings is 1. The summed E-state index contributed by atoms with van der Waals surface area (Å²) in [6.07, 6.45) is 2.64. The van der Waals surface area contributed by atoms with Crippen molar-refractivity contribution >= 4 is 35.1 Å². The van der Waals surface area contributed by atoms with E-state index >= 15 is 0 Å². The maximum absolute atomic E-state index is 12.4. The van der Waals surface area contributed by atoms with Gasteiger partial charge in [-0.15, -0.1) is 11.8 Å². The van der Waals surface area contributed by atoms with Crippen molar-refractivity contribution in [1.29, 1.82) is 0 Å². The Bertz CT molecular complexity index is 883. The summed E-state index contributed by atoms with van der Waals surface area (Å²) < 4.78 is 5.76. The van der Waals surface area contributed by atoms with E-state index in [2.05, 4.69) is 15.5 Å². The van der Waals surface area contributed by atoms with Crippen molar-refractivity contribution in [2.24, 2.45) is 0 Å². The number of carbonyl (C=O) groups excluding carboxylic acids is 1. The van der Waals surface area contributed by atoms with E-state index < -0.39 is 4.92 Å². The highest BCUT2D eigenvalue weighted by Gasteiger charge is 2.08. The van der Waals surface area contributed by atoms with Crippen LogP contribution in [-0.4, -0.2) is 48.4 Å². The predicted molar refractivity (Wildman–Crippen MR) is 123 cm³/mol. The van der Waals surface area contributed by atoms with Crippen molar-refractivity contribution < 1.29 is 14.1 Å².